The van der Waals surface area contributed by atoms with Crippen LogP contribution in [-0.4, -0.2) is 45.6 Å². The summed E-state index contributed by atoms with van der Waals surface area (Å²) >= 11 is 0. The Hall–Kier alpha value is -0.780. The molecular weight excluding hydrogens is 306 g/mol. The van der Waals surface area contributed by atoms with Gasteiger partial charge in [0.2, 0.25) is 5.79 Å². The lowest BCUT2D eigenvalue weighted by molar-refractivity contribution is -0.412. The largest absolute Gasteiger partial charge is 0.384 e. The van der Waals surface area contributed by atoms with Gasteiger partial charge in [-0.2, -0.15) is 43.9 Å². The van der Waals surface area contributed by atoms with Gasteiger partial charge in [0.1, 0.15) is 0 Å². The van der Waals surface area contributed by atoms with E-state index in [1.807, 2.05) is 0 Å². The minimum Gasteiger partial charge on any atom is -0.361 e. The molecule has 0 bridgehead atoms. The molecule has 19 heavy (non-hydrogen) atoms. The Bertz CT molecular complexity index is 351. The molecule has 0 aromatic carbocycles. The zero-order chi connectivity index (χ0) is 15.7. The summed E-state index contributed by atoms with van der Waals surface area (Å²) in [5.74, 6) is -39.5. The molecule has 1 aliphatic rings. The first kappa shape index (κ1) is 16.3. The lowest BCUT2D eigenvalue weighted by Gasteiger charge is -2.36. The quantitative estimate of drug-likeness (QED) is 0.409. The van der Waals surface area contributed by atoms with Crippen molar-refractivity contribution < 1.29 is 54.1 Å². The summed E-state index contributed by atoms with van der Waals surface area (Å²) in [5.41, 5.74) is 0. The van der Waals surface area contributed by atoms with Crippen LogP contribution in [0.1, 0.15) is 6.42 Å². The number of hydrogen-bond acceptors (Lipinski definition) is 2. The number of aliphatic hydroxyl groups is 2. The highest BCUT2D eigenvalue weighted by atomic mass is 19.4. The highest BCUT2D eigenvalue weighted by molar-refractivity contribution is 5.16. The fraction of sp³-hybridized carbons (Fsp3) is 1.00. The molecule has 0 spiro atoms. The second-order valence-corrected chi connectivity index (χ2v) is 4.00. The van der Waals surface area contributed by atoms with Crippen molar-refractivity contribution >= 4 is 0 Å². The predicted octanol–water partition coefficient (Wildman–Crippen LogP) is 2.25. The molecule has 1 rings (SSSR count). The topological polar surface area (TPSA) is 40.5 Å². The molecule has 12 heteroatoms. The van der Waals surface area contributed by atoms with E-state index >= 15 is 0 Å². The standard InChI is InChI=1S/C7H4F10O2/c8-2(9)1-3(18,19)5(12,13)7(16,17)6(14,15)4(2,10)11/h18-19H,1H2. The van der Waals surface area contributed by atoms with Crippen LogP contribution < -0.4 is 0 Å². The Morgan fingerprint density at radius 1 is 0.526 bits per heavy atom. The fourth-order valence-corrected chi connectivity index (χ4v) is 1.41. The molecular formula is C7H4F10O2. The molecule has 114 valence electrons. The summed E-state index contributed by atoms with van der Waals surface area (Å²) in [7, 11) is 0. The molecule has 0 saturated heterocycles. The van der Waals surface area contributed by atoms with Gasteiger partial charge in [0.05, 0.1) is 6.42 Å². The summed E-state index contributed by atoms with van der Waals surface area (Å²) in [4.78, 5) is 0. The van der Waals surface area contributed by atoms with Gasteiger partial charge < -0.3 is 10.2 Å². The first-order chi connectivity index (χ1) is 7.96. The van der Waals surface area contributed by atoms with E-state index in [1.54, 1.807) is 0 Å². The summed E-state index contributed by atoms with van der Waals surface area (Å²) < 4.78 is 127. The Labute approximate surface area is 97.2 Å². The van der Waals surface area contributed by atoms with Crippen LogP contribution in [0, 0.1) is 0 Å². The van der Waals surface area contributed by atoms with Crippen LogP contribution in [0.15, 0.2) is 0 Å². The van der Waals surface area contributed by atoms with Gasteiger partial charge in [-0.1, -0.05) is 0 Å². The van der Waals surface area contributed by atoms with Crippen LogP contribution in [0.3, 0.4) is 0 Å². The molecule has 2 N–H and O–H groups in total. The van der Waals surface area contributed by atoms with Gasteiger partial charge in [0.15, 0.2) is 0 Å². The van der Waals surface area contributed by atoms with E-state index in [2.05, 4.69) is 0 Å². The lowest BCUT2D eigenvalue weighted by atomic mass is 9.98. The average Bonchev–Trinajstić information content (AvgIpc) is 2.14. The van der Waals surface area contributed by atoms with Gasteiger partial charge in [-0.3, -0.25) is 0 Å². The molecule has 0 unspecified atom stereocenters. The maximum atomic E-state index is 12.8. The molecule has 0 atom stereocenters. The number of halogens is 10. The third-order valence-corrected chi connectivity index (χ3v) is 2.61. The highest BCUT2D eigenvalue weighted by Gasteiger charge is 2.92. The Balaban J connectivity index is 3.70. The minimum absolute atomic E-state index is 3.40. The minimum atomic E-state index is -7.21. The van der Waals surface area contributed by atoms with Crippen molar-refractivity contribution in [3.63, 3.8) is 0 Å². The summed E-state index contributed by atoms with van der Waals surface area (Å²) in [6.45, 7) is 0. The molecule has 0 heterocycles. The second-order valence-electron chi connectivity index (χ2n) is 4.00. The Kier molecular flexibility index (Phi) is 2.96. The molecule has 1 saturated carbocycles. The van der Waals surface area contributed by atoms with Crippen molar-refractivity contribution in [3.05, 3.63) is 0 Å². The Morgan fingerprint density at radius 2 is 0.842 bits per heavy atom. The van der Waals surface area contributed by atoms with Gasteiger partial charge >= 0.3 is 29.6 Å². The number of hydrogen-bond donors (Lipinski definition) is 2. The average molecular weight is 310 g/mol. The fourth-order valence-electron chi connectivity index (χ4n) is 1.41. The zero-order valence-corrected chi connectivity index (χ0v) is 8.38. The van der Waals surface area contributed by atoms with Crippen molar-refractivity contribution in [1.82, 2.24) is 0 Å². The van der Waals surface area contributed by atoms with E-state index in [0.29, 0.717) is 0 Å². The highest BCUT2D eigenvalue weighted by Crippen LogP contribution is 2.63. The molecule has 0 aliphatic heterocycles. The molecule has 0 aromatic rings. The smallest absolute Gasteiger partial charge is 0.361 e. The van der Waals surface area contributed by atoms with E-state index in [9.17, 15) is 43.9 Å². The van der Waals surface area contributed by atoms with Gasteiger partial charge in [-0.05, 0) is 0 Å². The summed E-state index contributed by atoms with van der Waals surface area (Å²) in [6, 6.07) is 0. The van der Waals surface area contributed by atoms with Gasteiger partial charge in [-0.25, -0.2) is 0 Å². The van der Waals surface area contributed by atoms with Crippen LogP contribution >= 0.6 is 0 Å². The molecule has 1 aliphatic carbocycles. The third-order valence-electron chi connectivity index (χ3n) is 2.61. The van der Waals surface area contributed by atoms with Crippen molar-refractivity contribution in [2.75, 3.05) is 0 Å². The van der Waals surface area contributed by atoms with E-state index in [4.69, 9.17) is 10.2 Å². The van der Waals surface area contributed by atoms with E-state index < -0.39 is 41.8 Å². The van der Waals surface area contributed by atoms with Gasteiger partial charge in [0, 0.05) is 0 Å². The lowest BCUT2D eigenvalue weighted by Crippen LogP contribution is -2.67. The van der Waals surface area contributed by atoms with Gasteiger partial charge in [0.25, 0.3) is 0 Å². The van der Waals surface area contributed by atoms with Crippen molar-refractivity contribution in [2.24, 2.45) is 0 Å². The maximum absolute atomic E-state index is 12.8. The van der Waals surface area contributed by atoms with Crippen LogP contribution in [0.5, 0.6) is 0 Å². The molecule has 0 amide bonds. The van der Waals surface area contributed by atoms with Crippen molar-refractivity contribution in [1.29, 1.82) is 0 Å². The Morgan fingerprint density at radius 3 is 1.21 bits per heavy atom. The number of rotatable bonds is 0. The molecule has 0 aromatic heterocycles. The van der Waals surface area contributed by atoms with Crippen LogP contribution in [-0.2, 0) is 0 Å². The maximum Gasteiger partial charge on any atom is 0.384 e. The third kappa shape index (κ3) is 1.58. The first-order valence-electron chi connectivity index (χ1n) is 4.29. The molecule has 1 fully saturated rings. The van der Waals surface area contributed by atoms with E-state index in [-0.39, 0.29) is 0 Å². The molecule has 0 radical (unpaired) electrons. The molecule has 2 nitrogen and oxygen atoms in total. The van der Waals surface area contributed by atoms with Crippen molar-refractivity contribution in [3.8, 4) is 0 Å². The summed E-state index contributed by atoms with van der Waals surface area (Å²) in [5, 5.41) is 16.8. The van der Waals surface area contributed by atoms with E-state index in [0.717, 1.165) is 0 Å². The number of alkyl halides is 10. The van der Waals surface area contributed by atoms with Crippen LogP contribution in [0.2, 0.25) is 0 Å². The SMILES string of the molecule is OC1(O)CC(F)(F)C(F)(F)C(F)(F)C(F)(F)C1(F)F. The van der Waals surface area contributed by atoms with Crippen LogP contribution in [0.25, 0.3) is 0 Å². The van der Waals surface area contributed by atoms with E-state index in [1.165, 1.54) is 0 Å². The first-order valence-corrected chi connectivity index (χ1v) is 4.29. The summed E-state index contributed by atoms with van der Waals surface area (Å²) in [6.07, 6.45) is -3.40. The van der Waals surface area contributed by atoms with Crippen molar-refractivity contribution in [2.45, 2.75) is 41.8 Å². The zero-order valence-electron chi connectivity index (χ0n) is 8.38. The van der Waals surface area contributed by atoms with Gasteiger partial charge in [-0.15, -0.1) is 0 Å². The normalized spacial score (nSPS) is 33.5. The predicted molar refractivity (Wildman–Crippen MR) is 36.5 cm³/mol. The monoisotopic (exact) mass is 310 g/mol. The van der Waals surface area contributed by atoms with Crippen LogP contribution in [0.4, 0.5) is 43.9 Å². The second kappa shape index (κ2) is 3.45.